The molecule has 7 nitrogen and oxygen atoms in total. The maximum atomic E-state index is 14.0. The van der Waals surface area contributed by atoms with Crippen molar-refractivity contribution in [2.45, 2.75) is 72.0 Å². The molecule has 3 rings (SSSR count). The van der Waals surface area contributed by atoms with Gasteiger partial charge in [0.1, 0.15) is 6.04 Å². The van der Waals surface area contributed by atoms with E-state index >= 15 is 0 Å². The summed E-state index contributed by atoms with van der Waals surface area (Å²) in [7, 11) is -3.60. The number of nitrogens with one attached hydrogen (secondary N) is 1. The lowest BCUT2D eigenvalue weighted by atomic mass is 10.0. The molecule has 0 aliphatic heterocycles. The molecule has 43 heavy (non-hydrogen) atoms. The van der Waals surface area contributed by atoms with E-state index in [1.165, 1.54) is 10.6 Å². The van der Waals surface area contributed by atoms with E-state index in [1.807, 2.05) is 70.2 Å². The zero-order chi connectivity index (χ0) is 31.7. The van der Waals surface area contributed by atoms with Gasteiger partial charge in [-0.2, -0.15) is 0 Å². The fourth-order valence-electron chi connectivity index (χ4n) is 4.82. The molecule has 0 bridgehead atoms. The predicted octanol–water partition coefficient (Wildman–Crippen LogP) is 6.71. The smallest absolute Gasteiger partial charge is 0.243 e. The highest BCUT2D eigenvalue weighted by atomic mass is 35.5. The summed E-state index contributed by atoms with van der Waals surface area (Å²) < 4.78 is 26.9. The van der Waals surface area contributed by atoms with Gasteiger partial charge in [0, 0.05) is 32.0 Å². The Balaban J connectivity index is 1.93. The van der Waals surface area contributed by atoms with Gasteiger partial charge in [0.2, 0.25) is 21.8 Å². The molecule has 1 N–H and O–H groups in total. The minimum absolute atomic E-state index is 0.0418. The molecule has 0 fully saturated rings. The van der Waals surface area contributed by atoms with Gasteiger partial charge in [-0.15, -0.1) is 0 Å². The monoisotopic (exact) mass is 645 g/mol. The fourth-order valence-corrected chi connectivity index (χ4v) is 6.15. The number of carbonyl (C=O) groups is 2. The number of hydrogen-bond acceptors (Lipinski definition) is 4. The third-order valence-electron chi connectivity index (χ3n) is 7.61. The zero-order valence-corrected chi connectivity index (χ0v) is 27.8. The van der Waals surface area contributed by atoms with Gasteiger partial charge in [-0.05, 0) is 74.1 Å². The SMILES string of the molecule is CC[C@@H](C)NC(=O)[C@H](Cc1ccccc1)N(Cc1ccc(Cl)c(Cl)c1)C(=O)CCCN(c1cccc(C)c1C)S(C)(=O)=O. The second kappa shape index (κ2) is 15.6. The van der Waals surface area contributed by atoms with Gasteiger partial charge in [-0.3, -0.25) is 13.9 Å². The van der Waals surface area contributed by atoms with Crippen molar-refractivity contribution >= 4 is 50.7 Å². The highest BCUT2D eigenvalue weighted by Crippen LogP contribution is 2.27. The van der Waals surface area contributed by atoms with Crippen molar-refractivity contribution in [1.29, 1.82) is 0 Å². The van der Waals surface area contributed by atoms with Crippen LogP contribution in [0.15, 0.2) is 66.7 Å². The van der Waals surface area contributed by atoms with E-state index in [9.17, 15) is 18.0 Å². The van der Waals surface area contributed by atoms with Crippen LogP contribution in [-0.2, 0) is 32.6 Å². The summed E-state index contributed by atoms with van der Waals surface area (Å²) in [6, 6.07) is 19.4. The molecule has 232 valence electrons. The molecule has 0 radical (unpaired) electrons. The number of hydrogen-bond donors (Lipinski definition) is 1. The molecule has 0 aromatic heterocycles. The van der Waals surface area contributed by atoms with Crippen LogP contribution in [0.4, 0.5) is 5.69 Å². The average Bonchev–Trinajstić information content (AvgIpc) is 2.96. The van der Waals surface area contributed by atoms with E-state index in [0.717, 1.165) is 28.7 Å². The number of amides is 2. The molecular formula is C33H41Cl2N3O4S. The van der Waals surface area contributed by atoms with E-state index < -0.39 is 16.1 Å². The van der Waals surface area contributed by atoms with Crippen molar-refractivity contribution in [2.75, 3.05) is 17.1 Å². The molecule has 10 heteroatoms. The van der Waals surface area contributed by atoms with Crippen LogP contribution >= 0.6 is 23.2 Å². The quantitative estimate of drug-likeness (QED) is 0.211. The van der Waals surface area contributed by atoms with E-state index in [1.54, 1.807) is 29.2 Å². The van der Waals surface area contributed by atoms with E-state index in [-0.39, 0.29) is 43.8 Å². The maximum Gasteiger partial charge on any atom is 0.243 e. The second-order valence-corrected chi connectivity index (χ2v) is 13.7. The third kappa shape index (κ3) is 9.71. The van der Waals surface area contributed by atoms with Crippen LogP contribution in [0.5, 0.6) is 0 Å². The lowest BCUT2D eigenvalue weighted by molar-refractivity contribution is -0.141. The minimum Gasteiger partial charge on any atom is -0.352 e. The number of nitrogens with zero attached hydrogens (tertiary/aromatic N) is 2. The summed E-state index contributed by atoms with van der Waals surface area (Å²) in [6.45, 7) is 7.98. The minimum atomic E-state index is -3.60. The van der Waals surface area contributed by atoms with Gasteiger partial charge in [0.25, 0.3) is 0 Å². The number of benzene rings is 3. The average molecular weight is 647 g/mol. The summed E-state index contributed by atoms with van der Waals surface area (Å²) in [4.78, 5) is 29.3. The Morgan fingerprint density at radius 3 is 2.26 bits per heavy atom. The fraction of sp³-hybridized carbons (Fsp3) is 0.394. The Kier molecular flexibility index (Phi) is 12.5. The number of halogens is 2. The molecule has 2 amide bonds. The molecule has 0 saturated heterocycles. The van der Waals surface area contributed by atoms with Gasteiger partial charge in [0.05, 0.1) is 22.0 Å². The first-order valence-corrected chi connectivity index (χ1v) is 17.0. The number of carbonyl (C=O) groups excluding carboxylic acids is 2. The van der Waals surface area contributed by atoms with Crippen LogP contribution < -0.4 is 9.62 Å². The van der Waals surface area contributed by atoms with Crippen LogP contribution in [0.25, 0.3) is 0 Å². The molecule has 0 heterocycles. The zero-order valence-electron chi connectivity index (χ0n) is 25.4. The Labute approximate surface area is 266 Å². The molecule has 2 atom stereocenters. The topological polar surface area (TPSA) is 86.8 Å². The second-order valence-electron chi connectivity index (χ2n) is 11.0. The molecule has 0 aliphatic carbocycles. The van der Waals surface area contributed by atoms with Crippen LogP contribution in [0, 0.1) is 13.8 Å². The Morgan fingerprint density at radius 2 is 1.63 bits per heavy atom. The highest BCUT2D eigenvalue weighted by molar-refractivity contribution is 7.92. The normalized spacial score (nSPS) is 12.8. The van der Waals surface area contributed by atoms with Crippen LogP contribution in [0.1, 0.15) is 55.4 Å². The van der Waals surface area contributed by atoms with Crippen LogP contribution in [0.2, 0.25) is 10.0 Å². The Bertz CT molecular complexity index is 1520. The molecule has 3 aromatic rings. The van der Waals surface area contributed by atoms with Crippen molar-refractivity contribution in [2.24, 2.45) is 0 Å². The first kappa shape index (κ1) is 34.4. The van der Waals surface area contributed by atoms with Crippen molar-refractivity contribution in [3.05, 3.63) is 99.0 Å². The summed E-state index contributed by atoms with van der Waals surface area (Å²) in [5.74, 6) is -0.513. The number of anilines is 1. The maximum absolute atomic E-state index is 14.0. The number of aryl methyl sites for hydroxylation is 1. The van der Waals surface area contributed by atoms with Gasteiger partial charge in [0.15, 0.2) is 0 Å². The first-order chi connectivity index (χ1) is 20.3. The molecular weight excluding hydrogens is 605 g/mol. The van der Waals surface area contributed by atoms with E-state index in [2.05, 4.69) is 5.32 Å². The Morgan fingerprint density at radius 1 is 0.930 bits per heavy atom. The van der Waals surface area contributed by atoms with Crippen molar-refractivity contribution < 1.29 is 18.0 Å². The molecule has 0 unspecified atom stereocenters. The predicted molar refractivity (Wildman–Crippen MR) is 176 cm³/mol. The highest BCUT2D eigenvalue weighted by Gasteiger charge is 2.31. The molecule has 0 saturated carbocycles. The van der Waals surface area contributed by atoms with E-state index in [4.69, 9.17) is 23.2 Å². The summed E-state index contributed by atoms with van der Waals surface area (Å²) in [5, 5.41) is 3.80. The van der Waals surface area contributed by atoms with Crippen LogP contribution in [-0.4, -0.2) is 50.0 Å². The van der Waals surface area contributed by atoms with Crippen LogP contribution in [0.3, 0.4) is 0 Å². The van der Waals surface area contributed by atoms with Crippen molar-refractivity contribution in [3.63, 3.8) is 0 Å². The van der Waals surface area contributed by atoms with E-state index in [0.29, 0.717) is 22.2 Å². The van der Waals surface area contributed by atoms with Crippen molar-refractivity contribution in [1.82, 2.24) is 10.2 Å². The summed E-state index contributed by atoms with van der Waals surface area (Å²) in [5.41, 5.74) is 4.08. The molecule has 3 aromatic carbocycles. The van der Waals surface area contributed by atoms with Gasteiger partial charge < -0.3 is 10.2 Å². The standard InChI is InChI=1S/C33H41Cl2N3O4S/c1-6-24(3)36-33(40)31(21-26-13-8-7-9-14-26)37(22-27-17-18-28(34)29(35)20-27)32(39)16-11-19-38(43(5,41)42)30-15-10-12-23(2)25(30)4/h7-10,12-15,17-18,20,24,31H,6,11,16,19,21-22H2,1-5H3,(H,36,40)/t24-,31+/m1/s1. The number of rotatable bonds is 14. The summed E-state index contributed by atoms with van der Waals surface area (Å²) in [6.07, 6.45) is 2.53. The lowest BCUT2D eigenvalue weighted by Crippen LogP contribution is -2.52. The molecule has 0 spiro atoms. The van der Waals surface area contributed by atoms with Gasteiger partial charge in [-0.25, -0.2) is 8.42 Å². The molecule has 0 aliphatic rings. The third-order valence-corrected chi connectivity index (χ3v) is 9.52. The van der Waals surface area contributed by atoms with Crippen molar-refractivity contribution in [3.8, 4) is 0 Å². The Hall–Kier alpha value is -3.07. The van der Waals surface area contributed by atoms with Gasteiger partial charge in [-0.1, -0.05) is 78.7 Å². The largest absolute Gasteiger partial charge is 0.352 e. The number of sulfonamides is 1. The summed E-state index contributed by atoms with van der Waals surface area (Å²) >= 11 is 12.5. The first-order valence-electron chi connectivity index (χ1n) is 14.4. The van der Waals surface area contributed by atoms with Gasteiger partial charge >= 0.3 is 0 Å². The lowest BCUT2D eigenvalue weighted by Gasteiger charge is -2.33.